The zero-order valence-electron chi connectivity index (χ0n) is 35.7. The molecule has 1 aliphatic heterocycles. The molecule has 12 heteroatoms. The van der Waals surface area contributed by atoms with Crippen molar-refractivity contribution in [3.8, 4) is 0 Å². The number of halogens is 1. The third kappa shape index (κ3) is 11.7. The monoisotopic (exact) mass is 798 g/mol. The van der Waals surface area contributed by atoms with Gasteiger partial charge in [0.2, 0.25) is 29.5 Å². The summed E-state index contributed by atoms with van der Waals surface area (Å²) in [6.07, 6.45) is 1.01. The van der Waals surface area contributed by atoms with Crippen molar-refractivity contribution in [2.24, 2.45) is 17.8 Å². The fraction of sp³-hybridized carbons (Fsp3) is 0.500. The molecule has 3 aromatic carbocycles. The molecule has 3 aromatic rings. The van der Waals surface area contributed by atoms with Gasteiger partial charge in [-0.3, -0.25) is 28.9 Å². The quantitative estimate of drug-likeness (QED) is 0.172. The predicted molar refractivity (Wildman–Crippen MR) is 224 cm³/mol. The zero-order chi connectivity index (χ0) is 42.7. The molecular weight excluding hydrogens is 736 g/mol. The Kier molecular flexibility index (Phi) is 16.6. The maximum absolute atomic E-state index is 14.5. The minimum Gasteiger partial charge on any atom is -0.350 e. The SMILES string of the molecule is CC(C)[C@H](NC(=O)[C@H](C(C)C)N(Cc1ccccc1)Cc1ccccc1)C(=O)N(C)[C@H](C(=O)N1CCC[C@H]1C(=O)N(C)[C@H](C)C(=O)NCc1ccc(F)cc1)C(C)C. The van der Waals surface area contributed by atoms with E-state index >= 15 is 0 Å². The molecule has 314 valence electrons. The lowest BCUT2D eigenvalue weighted by Crippen LogP contribution is -2.61. The summed E-state index contributed by atoms with van der Waals surface area (Å²) in [4.78, 5) is 76.8. The highest BCUT2D eigenvalue weighted by Crippen LogP contribution is 2.26. The van der Waals surface area contributed by atoms with Gasteiger partial charge in [0.1, 0.15) is 30.0 Å². The highest BCUT2D eigenvalue weighted by Gasteiger charge is 2.44. The van der Waals surface area contributed by atoms with E-state index < -0.39 is 30.2 Å². The van der Waals surface area contributed by atoms with Crippen LogP contribution in [0.3, 0.4) is 0 Å². The van der Waals surface area contributed by atoms with Crippen LogP contribution >= 0.6 is 0 Å². The van der Waals surface area contributed by atoms with Gasteiger partial charge in [-0.25, -0.2) is 4.39 Å². The molecule has 0 unspecified atom stereocenters. The van der Waals surface area contributed by atoms with Gasteiger partial charge in [0, 0.05) is 40.3 Å². The van der Waals surface area contributed by atoms with Crippen LogP contribution in [0.25, 0.3) is 0 Å². The number of carbonyl (C=O) groups excluding carboxylic acids is 5. The van der Waals surface area contributed by atoms with E-state index in [9.17, 15) is 28.4 Å². The zero-order valence-corrected chi connectivity index (χ0v) is 35.7. The number of rotatable bonds is 18. The van der Waals surface area contributed by atoms with Gasteiger partial charge >= 0.3 is 0 Å². The van der Waals surface area contributed by atoms with Crippen LogP contribution in [0, 0.1) is 23.6 Å². The summed E-state index contributed by atoms with van der Waals surface area (Å²) in [6.45, 7) is 14.7. The molecule has 1 aliphatic rings. The van der Waals surface area contributed by atoms with E-state index in [0.29, 0.717) is 38.0 Å². The second kappa shape index (κ2) is 21.1. The number of carbonyl (C=O) groups is 5. The van der Waals surface area contributed by atoms with Gasteiger partial charge in [0.05, 0.1) is 6.04 Å². The number of likely N-dealkylation sites (tertiary alicyclic amines) is 1. The maximum Gasteiger partial charge on any atom is 0.246 e. The van der Waals surface area contributed by atoms with E-state index in [-0.39, 0.29) is 59.7 Å². The van der Waals surface area contributed by atoms with Crippen molar-refractivity contribution in [1.82, 2.24) is 30.2 Å². The van der Waals surface area contributed by atoms with Crippen molar-refractivity contribution < 1.29 is 28.4 Å². The molecule has 0 saturated carbocycles. The number of hydrogen-bond donors (Lipinski definition) is 2. The van der Waals surface area contributed by atoms with E-state index in [1.54, 1.807) is 38.1 Å². The molecule has 1 fully saturated rings. The Labute approximate surface area is 344 Å². The molecule has 0 aromatic heterocycles. The van der Waals surface area contributed by atoms with Crippen LogP contribution in [0.15, 0.2) is 84.9 Å². The molecule has 0 aliphatic carbocycles. The number of amides is 5. The molecule has 11 nitrogen and oxygen atoms in total. The summed E-state index contributed by atoms with van der Waals surface area (Å²) in [5.41, 5.74) is 2.85. The van der Waals surface area contributed by atoms with Crippen LogP contribution in [0.1, 0.15) is 78.0 Å². The van der Waals surface area contributed by atoms with Gasteiger partial charge in [-0.05, 0) is 66.3 Å². The van der Waals surface area contributed by atoms with Crippen molar-refractivity contribution in [3.63, 3.8) is 0 Å². The first-order valence-electron chi connectivity index (χ1n) is 20.5. The smallest absolute Gasteiger partial charge is 0.246 e. The van der Waals surface area contributed by atoms with Crippen LogP contribution in [0.2, 0.25) is 0 Å². The average Bonchev–Trinajstić information content (AvgIpc) is 3.69. The lowest BCUT2D eigenvalue weighted by Gasteiger charge is -2.39. The molecule has 1 saturated heterocycles. The van der Waals surface area contributed by atoms with Gasteiger partial charge in [0.15, 0.2) is 0 Å². The lowest BCUT2D eigenvalue weighted by molar-refractivity contribution is -0.153. The third-order valence-electron chi connectivity index (χ3n) is 11.1. The van der Waals surface area contributed by atoms with Crippen molar-refractivity contribution in [2.75, 3.05) is 20.6 Å². The fourth-order valence-corrected chi connectivity index (χ4v) is 7.78. The molecule has 4 rings (SSSR count). The van der Waals surface area contributed by atoms with Crippen LogP contribution in [-0.4, -0.2) is 100.0 Å². The highest BCUT2D eigenvalue weighted by atomic mass is 19.1. The Bertz CT molecular complexity index is 1780. The second-order valence-corrected chi connectivity index (χ2v) is 16.6. The summed E-state index contributed by atoms with van der Waals surface area (Å²) in [5.74, 6) is -2.83. The van der Waals surface area contributed by atoms with Gasteiger partial charge < -0.3 is 25.3 Å². The first kappa shape index (κ1) is 45.6. The molecule has 0 radical (unpaired) electrons. The predicted octanol–water partition coefficient (Wildman–Crippen LogP) is 5.63. The Hall–Kier alpha value is -5.10. The topological polar surface area (TPSA) is 122 Å². The fourth-order valence-electron chi connectivity index (χ4n) is 7.78. The molecule has 5 atom stereocenters. The van der Waals surface area contributed by atoms with Crippen LogP contribution in [-0.2, 0) is 43.6 Å². The minimum atomic E-state index is -0.917. The summed E-state index contributed by atoms with van der Waals surface area (Å²) < 4.78 is 13.3. The first-order valence-corrected chi connectivity index (χ1v) is 20.5. The van der Waals surface area contributed by atoms with Gasteiger partial charge in [0.25, 0.3) is 0 Å². The van der Waals surface area contributed by atoms with Crippen molar-refractivity contribution >= 4 is 29.5 Å². The number of hydrogen-bond acceptors (Lipinski definition) is 6. The van der Waals surface area contributed by atoms with E-state index in [4.69, 9.17) is 0 Å². The number of nitrogens with zero attached hydrogens (tertiary/aromatic N) is 4. The molecule has 58 heavy (non-hydrogen) atoms. The number of nitrogens with one attached hydrogen (secondary N) is 2. The normalized spacial score (nSPS) is 16.2. The number of likely N-dealkylation sites (N-methyl/N-ethyl adjacent to an activating group) is 2. The maximum atomic E-state index is 14.5. The van der Waals surface area contributed by atoms with Crippen LogP contribution in [0.5, 0.6) is 0 Å². The highest BCUT2D eigenvalue weighted by molar-refractivity contribution is 5.96. The summed E-state index contributed by atoms with van der Waals surface area (Å²) >= 11 is 0. The van der Waals surface area contributed by atoms with Crippen molar-refractivity contribution in [1.29, 1.82) is 0 Å². The Morgan fingerprint density at radius 2 is 1.22 bits per heavy atom. The van der Waals surface area contributed by atoms with Crippen molar-refractivity contribution in [2.45, 2.75) is 111 Å². The van der Waals surface area contributed by atoms with Gasteiger partial charge in [-0.2, -0.15) is 0 Å². The first-order chi connectivity index (χ1) is 27.5. The summed E-state index contributed by atoms with van der Waals surface area (Å²) in [6, 6.07) is 21.8. The Morgan fingerprint density at radius 1 is 0.690 bits per heavy atom. The molecule has 1 heterocycles. The van der Waals surface area contributed by atoms with Crippen LogP contribution < -0.4 is 10.6 Å². The largest absolute Gasteiger partial charge is 0.350 e. The van der Waals surface area contributed by atoms with Gasteiger partial charge in [-0.15, -0.1) is 0 Å². The molecular formula is C46H63FN6O5. The van der Waals surface area contributed by atoms with E-state index in [1.165, 1.54) is 21.9 Å². The number of benzene rings is 3. The molecule has 5 amide bonds. The molecule has 0 spiro atoms. The molecule has 0 bridgehead atoms. The van der Waals surface area contributed by atoms with E-state index in [1.807, 2.05) is 102 Å². The van der Waals surface area contributed by atoms with Gasteiger partial charge in [-0.1, -0.05) is 114 Å². The molecule has 2 N–H and O–H groups in total. The van der Waals surface area contributed by atoms with E-state index in [0.717, 1.165) is 11.1 Å². The summed E-state index contributed by atoms with van der Waals surface area (Å²) in [5, 5.41) is 5.91. The summed E-state index contributed by atoms with van der Waals surface area (Å²) in [7, 11) is 3.14. The Balaban J connectivity index is 1.49. The van der Waals surface area contributed by atoms with Crippen LogP contribution in [0.4, 0.5) is 4.39 Å². The second-order valence-electron chi connectivity index (χ2n) is 16.6. The standard InChI is InChI=1S/C46H63FN6O5/c1-30(2)39(49-43(55)40(31(3)4)52(28-35-17-12-10-13-18-35)29-36-19-14-11-15-20-36)45(57)51(9)41(32(5)6)46(58)53-26-16-21-38(53)44(56)50(8)33(7)42(54)48-27-34-22-24-37(47)25-23-34/h10-15,17-20,22-25,30-33,38-41H,16,21,26-29H2,1-9H3,(H,48,54)(H,49,55)/t33-,38+,39+,40+,41+/m1/s1. The lowest BCUT2D eigenvalue weighted by atomic mass is 9.95. The average molecular weight is 799 g/mol. The Morgan fingerprint density at radius 3 is 1.72 bits per heavy atom. The minimum absolute atomic E-state index is 0.0931. The van der Waals surface area contributed by atoms with E-state index in [2.05, 4.69) is 15.5 Å². The third-order valence-corrected chi connectivity index (χ3v) is 11.1. The van der Waals surface area contributed by atoms with Crippen molar-refractivity contribution in [3.05, 3.63) is 107 Å².